The highest BCUT2D eigenvalue weighted by Gasteiger charge is 2.11. The number of nitrogens with zero attached hydrogens (tertiary/aromatic N) is 1. The smallest absolute Gasteiger partial charge is 0.264 e. The van der Waals surface area contributed by atoms with Gasteiger partial charge in [0.1, 0.15) is 5.75 Å². The number of nitrogens with one attached hydrogen (secondary N) is 1. The molecule has 7 heteroatoms. The molecule has 0 aliphatic carbocycles. The Hall–Kier alpha value is -1.70. The SMILES string of the molecule is CC(C)c1ccc(OCC(=O)Nc2nc(-c3cccc(Br)c3)cs2)c(Br)c1. The van der Waals surface area contributed by atoms with E-state index in [9.17, 15) is 4.79 Å². The Morgan fingerprint density at radius 3 is 2.74 bits per heavy atom. The topological polar surface area (TPSA) is 51.2 Å². The lowest BCUT2D eigenvalue weighted by Gasteiger charge is -2.11. The molecule has 0 aliphatic rings. The summed E-state index contributed by atoms with van der Waals surface area (Å²) in [7, 11) is 0. The van der Waals surface area contributed by atoms with Crippen LogP contribution in [0.2, 0.25) is 0 Å². The second kappa shape index (κ2) is 8.99. The maximum Gasteiger partial charge on any atom is 0.264 e. The van der Waals surface area contributed by atoms with E-state index < -0.39 is 0 Å². The summed E-state index contributed by atoms with van der Waals surface area (Å²) in [6.45, 7) is 4.18. The van der Waals surface area contributed by atoms with Crippen molar-refractivity contribution in [2.75, 3.05) is 11.9 Å². The average molecular weight is 510 g/mol. The minimum atomic E-state index is -0.245. The van der Waals surface area contributed by atoms with Crippen molar-refractivity contribution < 1.29 is 9.53 Å². The molecule has 0 spiro atoms. The van der Waals surface area contributed by atoms with Gasteiger partial charge in [-0.1, -0.05) is 48.0 Å². The predicted octanol–water partition coefficient (Wildman–Crippen LogP) is 6.48. The number of aromatic nitrogens is 1. The van der Waals surface area contributed by atoms with E-state index in [0.29, 0.717) is 16.8 Å². The Bertz CT molecular complexity index is 957. The van der Waals surface area contributed by atoms with Crippen molar-refractivity contribution in [1.82, 2.24) is 4.98 Å². The molecule has 0 atom stereocenters. The lowest BCUT2D eigenvalue weighted by molar-refractivity contribution is -0.118. The van der Waals surface area contributed by atoms with Crippen LogP contribution in [0.4, 0.5) is 5.13 Å². The molecule has 0 fully saturated rings. The monoisotopic (exact) mass is 508 g/mol. The zero-order valence-corrected chi connectivity index (χ0v) is 18.8. The summed E-state index contributed by atoms with van der Waals surface area (Å²) in [4.78, 5) is 16.6. The lowest BCUT2D eigenvalue weighted by atomic mass is 10.0. The number of amides is 1. The minimum Gasteiger partial charge on any atom is -0.483 e. The van der Waals surface area contributed by atoms with Crippen LogP contribution in [0, 0.1) is 0 Å². The minimum absolute atomic E-state index is 0.0780. The summed E-state index contributed by atoms with van der Waals surface area (Å²) < 4.78 is 7.45. The van der Waals surface area contributed by atoms with Crippen molar-refractivity contribution in [2.45, 2.75) is 19.8 Å². The van der Waals surface area contributed by atoms with Gasteiger partial charge in [0.15, 0.2) is 11.7 Å². The zero-order chi connectivity index (χ0) is 19.4. The number of carbonyl (C=O) groups is 1. The summed E-state index contributed by atoms with van der Waals surface area (Å²) in [6, 6.07) is 13.8. The molecular formula is C20H18Br2N2O2S. The first-order valence-corrected chi connectivity index (χ1v) is 10.8. The van der Waals surface area contributed by atoms with E-state index >= 15 is 0 Å². The fourth-order valence-corrected chi connectivity index (χ4v) is 4.05. The van der Waals surface area contributed by atoms with E-state index in [1.54, 1.807) is 0 Å². The normalized spacial score (nSPS) is 10.9. The highest BCUT2D eigenvalue weighted by Crippen LogP contribution is 2.29. The fourth-order valence-electron chi connectivity index (χ4n) is 2.40. The molecule has 1 amide bonds. The van der Waals surface area contributed by atoms with Crippen molar-refractivity contribution in [2.24, 2.45) is 0 Å². The first-order chi connectivity index (χ1) is 12.9. The molecule has 0 saturated heterocycles. The van der Waals surface area contributed by atoms with Gasteiger partial charge in [0.25, 0.3) is 5.91 Å². The number of thiazole rings is 1. The van der Waals surface area contributed by atoms with Gasteiger partial charge in [-0.15, -0.1) is 11.3 Å². The first-order valence-electron chi connectivity index (χ1n) is 8.36. The van der Waals surface area contributed by atoms with Gasteiger partial charge >= 0.3 is 0 Å². The van der Waals surface area contributed by atoms with Crippen LogP contribution in [-0.2, 0) is 4.79 Å². The molecule has 0 saturated carbocycles. The molecular weight excluding hydrogens is 492 g/mol. The zero-order valence-electron chi connectivity index (χ0n) is 14.8. The average Bonchev–Trinajstić information content (AvgIpc) is 3.09. The van der Waals surface area contributed by atoms with E-state index in [1.807, 2.05) is 47.8 Å². The molecule has 1 N–H and O–H groups in total. The number of benzene rings is 2. The number of anilines is 1. The third-order valence-corrected chi connectivity index (χ3v) is 5.72. The van der Waals surface area contributed by atoms with E-state index in [4.69, 9.17) is 4.74 Å². The quantitative estimate of drug-likeness (QED) is 0.414. The summed E-state index contributed by atoms with van der Waals surface area (Å²) in [5.41, 5.74) is 3.03. The maximum absolute atomic E-state index is 12.2. The Morgan fingerprint density at radius 1 is 1.22 bits per heavy atom. The van der Waals surface area contributed by atoms with Crippen molar-refractivity contribution in [3.05, 3.63) is 62.4 Å². The van der Waals surface area contributed by atoms with Crippen LogP contribution < -0.4 is 10.1 Å². The molecule has 1 heterocycles. The number of rotatable bonds is 6. The molecule has 140 valence electrons. The molecule has 1 aromatic heterocycles. The highest BCUT2D eigenvalue weighted by molar-refractivity contribution is 9.10. The molecule has 0 radical (unpaired) electrons. The Kier molecular flexibility index (Phi) is 6.68. The van der Waals surface area contributed by atoms with Gasteiger partial charge in [-0.25, -0.2) is 4.98 Å². The van der Waals surface area contributed by atoms with E-state index in [1.165, 1.54) is 16.9 Å². The third kappa shape index (κ3) is 5.40. The fraction of sp³-hybridized carbons (Fsp3) is 0.200. The van der Waals surface area contributed by atoms with Gasteiger partial charge in [0.05, 0.1) is 10.2 Å². The lowest BCUT2D eigenvalue weighted by Crippen LogP contribution is -2.20. The van der Waals surface area contributed by atoms with Crippen molar-refractivity contribution >= 4 is 54.2 Å². The summed E-state index contributed by atoms with van der Waals surface area (Å²) in [6.07, 6.45) is 0. The van der Waals surface area contributed by atoms with E-state index in [-0.39, 0.29) is 12.5 Å². The number of carbonyl (C=O) groups excluding carboxylic acids is 1. The van der Waals surface area contributed by atoms with Crippen LogP contribution in [0.3, 0.4) is 0 Å². The number of hydrogen-bond acceptors (Lipinski definition) is 4. The third-order valence-electron chi connectivity index (χ3n) is 3.85. The molecule has 2 aromatic carbocycles. The van der Waals surface area contributed by atoms with Gasteiger partial charge < -0.3 is 4.74 Å². The van der Waals surface area contributed by atoms with Gasteiger partial charge in [-0.05, 0) is 51.7 Å². The molecule has 0 bridgehead atoms. The van der Waals surface area contributed by atoms with Gasteiger partial charge in [-0.2, -0.15) is 0 Å². The largest absolute Gasteiger partial charge is 0.483 e. The predicted molar refractivity (Wildman–Crippen MR) is 118 cm³/mol. The molecule has 0 aliphatic heterocycles. The van der Waals surface area contributed by atoms with Crippen LogP contribution in [0.25, 0.3) is 11.3 Å². The van der Waals surface area contributed by atoms with Crippen molar-refractivity contribution in [1.29, 1.82) is 0 Å². The second-order valence-electron chi connectivity index (χ2n) is 6.23. The Balaban J connectivity index is 1.59. The second-order valence-corrected chi connectivity index (χ2v) is 8.86. The van der Waals surface area contributed by atoms with Crippen LogP contribution >= 0.6 is 43.2 Å². The van der Waals surface area contributed by atoms with Gasteiger partial charge in [0.2, 0.25) is 0 Å². The van der Waals surface area contributed by atoms with Crippen LogP contribution in [0.5, 0.6) is 5.75 Å². The van der Waals surface area contributed by atoms with Crippen LogP contribution in [-0.4, -0.2) is 17.5 Å². The van der Waals surface area contributed by atoms with Gasteiger partial charge in [0, 0.05) is 15.4 Å². The summed E-state index contributed by atoms with van der Waals surface area (Å²) in [5.74, 6) is 0.830. The Labute approximate surface area is 179 Å². The van der Waals surface area contributed by atoms with Gasteiger partial charge in [-0.3, -0.25) is 10.1 Å². The molecule has 3 rings (SSSR count). The molecule has 3 aromatic rings. The molecule has 4 nitrogen and oxygen atoms in total. The first kappa shape index (κ1) is 20.0. The van der Waals surface area contributed by atoms with Crippen LogP contribution in [0.15, 0.2) is 56.8 Å². The molecule has 0 unspecified atom stereocenters. The van der Waals surface area contributed by atoms with E-state index in [2.05, 4.69) is 56.0 Å². The highest BCUT2D eigenvalue weighted by atomic mass is 79.9. The maximum atomic E-state index is 12.2. The van der Waals surface area contributed by atoms with Crippen molar-refractivity contribution in [3.8, 4) is 17.0 Å². The molecule has 27 heavy (non-hydrogen) atoms. The summed E-state index contributed by atoms with van der Waals surface area (Å²) in [5, 5.41) is 5.25. The number of hydrogen-bond donors (Lipinski definition) is 1. The van der Waals surface area contributed by atoms with E-state index in [0.717, 1.165) is 20.2 Å². The Morgan fingerprint density at radius 2 is 2.04 bits per heavy atom. The summed E-state index contributed by atoms with van der Waals surface area (Å²) >= 11 is 8.33. The van der Waals surface area contributed by atoms with Crippen molar-refractivity contribution in [3.63, 3.8) is 0 Å². The number of ether oxygens (including phenoxy) is 1. The standard InChI is InChI=1S/C20H18Br2N2O2S/c1-12(2)13-6-7-18(16(22)9-13)26-10-19(25)24-20-23-17(11-27-20)14-4-3-5-15(21)8-14/h3-9,11-12H,10H2,1-2H3,(H,23,24,25). The van der Waals surface area contributed by atoms with Crippen LogP contribution in [0.1, 0.15) is 25.3 Å². The number of halogens is 2.